The Morgan fingerprint density at radius 1 is 1.30 bits per heavy atom. The van der Waals surface area contributed by atoms with Crippen molar-refractivity contribution in [1.29, 1.82) is 0 Å². The molecule has 20 heavy (non-hydrogen) atoms. The third-order valence-electron chi connectivity index (χ3n) is 3.47. The molecule has 1 aromatic rings. The lowest BCUT2D eigenvalue weighted by Crippen LogP contribution is -2.41. The van der Waals surface area contributed by atoms with Gasteiger partial charge in [-0.15, -0.1) is 0 Å². The third-order valence-corrected chi connectivity index (χ3v) is 3.47. The Bertz CT molecular complexity index is 397. The van der Waals surface area contributed by atoms with Gasteiger partial charge in [0.1, 0.15) is 18.5 Å². The van der Waals surface area contributed by atoms with Crippen LogP contribution in [0, 0.1) is 0 Å². The topological polar surface area (TPSA) is 39.7 Å². The van der Waals surface area contributed by atoms with E-state index in [9.17, 15) is 0 Å². The van der Waals surface area contributed by atoms with Crippen molar-refractivity contribution in [3.8, 4) is 5.75 Å². The van der Waals surface area contributed by atoms with Crippen LogP contribution < -0.4 is 10.1 Å². The number of hydrogen-bond acceptors (Lipinski definition) is 4. The summed E-state index contributed by atoms with van der Waals surface area (Å²) in [6.07, 6.45) is 2.08. The van der Waals surface area contributed by atoms with Gasteiger partial charge in [0.2, 0.25) is 0 Å². The minimum absolute atomic E-state index is 0.0632. The maximum atomic E-state index is 5.98. The first-order valence-electron chi connectivity index (χ1n) is 7.42. The Morgan fingerprint density at radius 3 is 2.95 bits per heavy atom. The molecule has 1 aliphatic rings. The number of ether oxygens (including phenoxy) is 3. The van der Waals surface area contributed by atoms with Gasteiger partial charge in [-0.2, -0.15) is 0 Å². The van der Waals surface area contributed by atoms with E-state index >= 15 is 0 Å². The summed E-state index contributed by atoms with van der Waals surface area (Å²) in [4.78, 5) is 0. The van der Waals surface area contributed by atoms with Gasteiger partial charge in [-0.3, -0.25) is 0 Å². The second-order valence-electron chi connectivity index (χ2n) is 5.04. The highest BCUT2D eigenvalue weighted by Gasteiger charge is 2.30. The van der Waals surface area contributed by atoms with Gasteiger partial charge in [-0.05, 0) is 25.5 Å². The number of para-hydroxylation sites is 1. The lowest BCUT2D eigenvalue weighted by atomic mass is 9.98. The van der Waals surface area contributed by atoms with Gasteiger partial charge in [0.25, 0.3) is 0 Å². The summed E-state index contributed by atoms with van der Waals surface area (Å²) < 4.78 is 16.8. The van der Waals surface area contributed by atoms with Crippen LogP contribution in [0.4, 0.5) is 0 Å². The zero-order chi connectivity index (χ0) is 14.2. The number of hydrogen-bond donors (Lipinski definition) is 1. The normalized spacial score (nSPS) is 21.3. The Hall–Kier alpha value is -1.10. The fourth-order valence-corrected chi connectivity index (χ4v) is 2.46. The Kier molecular flexibility index (Phi) is 6.30. The molecule has 1 N–H and O–H groups in total. The van der Waals surface area contributed by atoms with Gasteiger partial charge in [-0.1, -0.05) is 25.1 Å². The van der Waals surface area contributed by atoms with Gasteiger partial charge in [0.15, 0.2) is 0 Å². The zero-order valence-electron chi connectivity index (χ0n) is 12.4. The second kappa shape index (κ2) is 8.25. The summed E-state index contributed by atoms with van der Waals surface area (Å²) in [5.74, 6) is 0.970. The summed E-state index contributed by atoms with van der Waals surface area (Å²) in [6.45, 7) is 5.19. The van der Waals surface area contributed by atoms with Crippen LogP contribution in [0.2, 0.25) is 0 Å². The van der Waals surface area contributed by atoms with E-state index in [-0.39, 0.29) is 12.1 Å². The molecule has 112 valence electrons. The molecule has 2 atom stereocenters. The fourth-order valence-electron chi connectivity index (χ4n) is 2.46. The predicted octanol–water partition coefficient (Wildman–Crippen LogP) is 2.54. The van der Waals surface area contributed by atoms with Crippen molar-refractivity contribution in [1.82, 2.24) is 5.32 Å². The molecule has 1 heterocycles. The van der Waals surface area contributed by atoms with Gasteiger partial charge in [0.05, 0.1) is 6.04 Å². The first-order chi connectivity index (χ1) is 9.86. The number of methoxy groups -OCH3 is 1. The molecular weight excluding hydrogens is 254 g/mol. The molecule has 0 saturated heterocycles. The van der Waals surface area contributed by atoms with Crippen LogP contribution in [0.5, 0.6) is 5.75 Å². The maximum absolute atomic E-state index is 5.98. The van der Waals surface area contributed by atoms with Crippen LogP contribution in [0.15, 0.2) is 24.3 Å². The van der Waals surface area contributed by atoms with Crippen LogP contribution in [0.25, 0.3) is 0 Å². The second-order valence-corrected chi connectivity index (χ2v) is 5.04. The van der Waals surface area contributed by atoms with Crippen molar-refractivity contribution in [3.05, 3.63) is 29.8 Å². The van der Waals surface area contributed by atoms with E-state index in [1.807, 2.05) is 12.1 Å². The summed E-state index contributed by atoms with van der Waals surface area (Å²) in [5, 5.41) is 3.58. The molecule has 0 bridgehead atoms. The van der Waals surface area contributed by atoms with E-state index < -0.39 is 0 Å². The lowest BCUT2D eigenvalue weighted by molar-refractivity contribution is -0.0214. The molecule has 0 saturated carbocycles. The summed E-state index contributed by atoms with van der Waals surface area (Å²) in [6, 6.07) is 8.42. The molecule has 0 aliphatic carbocycles. The highest BCUT2D eigenvalue weighted by molar-refractivity contribution is 5.38. The Balaban J connectivity index is 2.00. The minimum atomic E-state index is 0.0632. The standard InChI is InChI=1S/C16H25NO3/c1-3-9-17-16-13-7-4-5-8-14(13)20-12-15(16)19-11-6-10-18-2/h4-5,7-8,15-17H,3,6,9-12H2,1-2H3. The van der Waals surface area contributed by atoms with Gasteiger partial charge >= 0.3 is 0 Å². The van der Waals surface area contributed by atoms with Crippen LogP contribution in [0.1, 0.15) is 31.4 Å². The van der Waals surface area contributed by atoms with E-state index in [1.54, 1.807) is 7.11 Å². The summed E-state index contributed by atoms with van der Waals surface area (Å²) in [7, 11) is 1.71. The van der Waals surface area contributed by atoms with E-state index in [4.69, 9.17) is 14.2 Å². The smallest absolute Gasteiger partial charge is 0.124 e. The zero-order valence-corrected chi connectivity index (χ0v) is 12.4. The highest BCUT2D eigenvalue weighted by atomic mass is 16.5. The van der Waals surface area contributed by atoms with Crippen molar-refractivity contribution in [2.45, 2.75) is 31.9 Å². The Labute approximate surface area is 121 Å². The molecule has 2 unspecified atom stereocenters. The van der Waals surface area contributed by atoms with Gasteiger partial charge in [0, 0.05) is 25.9 Å². The van der Waals surface area contributed by atoms with E-state index in [2.05, 4.69) is 24.4 Å². The SMILES string of the molecule is CCCNC1c2ccccc2OCC1OCCCOC. The molecule has 4 nitrogen and oxygen atoms in total. The molecule has 1 aliphatic heterocycles. The van der Waals surface area contributed by atoms with Crippen molar-refractivity contribution in [2.24, 2.45) is 0 Å². The van der Waals surface area contributed by atoms with Crippen molar-refractivity contribution >= 4 is 0 Å². The summed E-state index contributed by atoms with van der Waals surface area (Å²) in [5.41, 5.74) is 1.20. The maximum Gasteiger partial charge on any atom is 0.124 e. The van der Waals surface area contributed by atoms with Crippen LogP contribution in [-0.2, 0) is 9.47 Å². The third kappa shape index (κ3) is 3.95. The molecule has 0 radical (unpaired) electrons. The number of fused-ring (bicyclic) bond motifs is 1. The quantitative estimate of drug-likeness (QED) is 0.742. The number of benzene rings is 1. The van der Waals surface area contributed by atoms with Crippen LogP contribution in [0.3, 0.4) is 0 Å². The van der Waals surface area contributed by atoms with Crippen LogP contribution >= 0.6 is 0 Å². The average molecular weight is 279 g/mol. The molecular formula is C16H25NO3. The first kappa shape index (κ1) is 15.3. The van der Waals surface area contributed by atoms with Gasteiger partial charge in [-0.25, -0.2) is 0 Å². The number of rotatable bonds is 8. The van der Waals surface area contributed by atoms with Gasteiger partial charge < -0.3 is 19.5 Å². The minimum Gasteiger partial charge on any atom is -0.490 e. The number of nitrogens with one attached hydrogen (secondary N) is 1. The van der Waals surface area contributed by atoms with Crippen molar-refractivity contribution in [2.75, 3.05) is 33.5 Å². The first-order valence-corrected chi connectivity index (χ1v) is 7.42. The Morgan fingerprint density at radius 2 is 2.15 bits per heavy atom. The lowest BCUT2D eigenvalue weighted by Gasteiger charge is -2.34. The monoisotopic (exact) mass is 279 g/mol. The largest absolute Gasteiger partial charge is 0.490 e. The molecule has 0 aromatic heterocycles. The molecule has 4 heteroatoms. The molecule has 0 fully saturated rings. The highest BCUT2D eigenvalue weighted by Crippen LogP contribution is 2.33. The predicted molar refractivity (Wildman–Crippen MR) is 79.2 cm³/mol. The van der Waals surface area contributed by atoms with E-state index in [1.165, 1.54) is 5.56 Å². The van der Waals surface area contributed by atoms with Crippen LogP contribution in [-0.4, -0.2) is 39.6 Å². The van der Waals surface area contributed by atoms with Crippen molar-refractivity contribution in [3.63, 3.8) is 0 Å². The molecule has 0 amide bonds. The van der Waals surface area contributed by atoms with E-state index in [0.29, 0.717) is 13.2 Å². The van der Waals surface area contributed by atoms with Crippen molar-refractivity contribution < 1.29 is 14.2 Å². The molecule has 2 rings (SSSR count). The average Bonchev–Trinajstić information content (AvgIpc) is 2.50. The molecule has 1 aromatic carbocycles. The fraction of sp³-hybridized carbons (Fsp3) is 0.625. The summed E-state index contributed by atoms with van der Waals surface area (Å²) >= 11 is 0. The molecule has 0 spiro atoms. The van der Waals surface area contributed by atoms with E-state index in [0.717, 1.165) is 31.7 Å².